The molecular formula is C19H15F2NO. The van der Waals surface area contributed by atoms with Crippen molar-refractivity contribution in [2.75, 3.05) is 13.2 Å². The molecule has 0 aliphatic carbocycles. The second-order valence-corrected chi connectivity index (χ2v) is 4.74. The molecule has 0 fully saturated rings. The van der Waals surface area contributed by atoms with Crippen LogP contribution in [0.5, 0.6) is 5.75 Å². The van der Waals surface area contributed by atoms with Gasteiger partial charge in [0.1, 0.15) is 12.4 Å². The van der Waals surface area contributed by atoms with Crippen molar-refractivity contribution in [2.45, 2.75) is 6.43 Å². The Morgan fingerprint density at radius 2 is 1.87 bits per heavy atom. The van der Waals surface area contributed by atoms with Gasteiger partial charge in [-0.15, -0.1) is 12.8 Å². The molecule has 0 radical (unpaired) electrons. The first kappa shape index (κ1) is 16.4. The molecule has 116 valence electrons. The zero-order valence-electron chi connectivity index (χ0n) is 12.4. The van der Waals surface area contributed by atoms with Gasteiger partial charge in [-0.05, 0) is 42.0 Å². The van der Waals surface area contributed by atoms with Crippen LogP contribution in [-0.2, 0) is 0 Å². The van der Waals surface area contributed by atoms with Crippen molar-refractivity contribution in [1.29, 1.82) is 0 Å². The second-order valence-electron chi connectivity index (χ2n) is 4.74. The highest BCUT2D eigenvalue weighted by Gasteiger charge is 2.23. The lowest BCUT2D eigenvalue weighted by Gasteiger charge is -2.31. The number of benzene rings is 1. The first-order valence-electron chi connectivity index (χ1n) is 6.87. The smallest absolute Gasteiger partial charge is 0.256 e. The third kappa shape index (κ3) is 3.81. The summed E-state index contributed by atoms with van der Waals surface area (Å²) in [6.07, 6.45) is 11.4. The number of nitrogens with zero attached hydrogens (tertiary/aromatic N) is 1. The summed E-state index contributed by atoms with van der Waals surface area (Å²) in [5.41, 5.74) is 2.24. The van der Waals surface area contributed by atoms with E-state index in [4.69, 9.17) is 17.6 Å². The quantitative estimate of drug-likeness (QED) is 0.769. The van der Waals surface area contributed by atoms with E-state index in [0.29, 0.717) is 22.7 Å². The summed E-state index contributed by atoms with van der Waals surface area (Å²) in [6.45, 7) is 3.53. The van der Waals surface area contributed by atoms with Gasteiger partial charge in [0.05, 0.1) is 6.54 Å². The lowest BCUT2D eigenvalue weighted by molar-refractivity contribution is 0.123. The maximum Gasteiger partial charge on any atom is 0.256 e. The molecule has 0 spiro atoms. The van der Waals surface area contributed by atoms with Gasteiger partial charge in [-0.25, -0.2) is 8.78 Å². The lowest BCUT2D eigenvalue weighted by Crippen LogP contribution is -2.29. The van der Waals surface area contributed by atoms with Crippen molar-refractivity contribution < 1.29 is 13.5 Å². The van der Waals surface area contributed by atoms with Crippen molar-refractivity contribution in [3.8, 4) is 30.4 Å². The predicted molar refractivity (Wildman–Crippen MR) is 87.5 cm³/mol. The van der Waals surface area contributed by atoms with Gasteiger partial charge in [0.2, 0.25) is 0 Å². The summed E-state index contributed by atoms with van der Waals surface area (Å²) in [5.74, 6) is 5.44. The van der Waals surface area contributed by atoms with Gasteiger partial charge in [0, 0.05) is 17.0 Å². The van der Waals surface area contributed by atoms with Crippen LogP contribution in [0.25, 0.3) is 5.70 Å². The van der Waals surface area contributed by atoms with Crippen molar-refractivity contribution >= 4 is 5.70 Å². The van der Waals surface area contributed by atoms with Crippen LogP contribution in [0.2, 0.25) is 0 Å². The summed E-state index contributed by atoms with van der Waals surface area (Å²) in [6, 6.07) is 7.02. The number of hydrogen-bond donors (Lipinski definition) is 0. The van der Waals surface area contributed by atoms with Gasteiger partial charge < -0.3 is 9.64 Å². The first-order chi connectivity index (χ1) is 11.1. The monoisotopic (exact) mass is 311 g/mol. The highest BCUT2D eigenvalue weighted by atomic mass is 19.3. The Labute approximate surface area is 134 Å². The number of allylic oxidation sites excluding steroid dienone is 3. The van der Waals surface area contributed by atoms with Gasteiger partial charge >= 0.3 is 0 Å². The Balaban J connectivity index is 2.32. The largest absolute Gasteiger partial charge is 0.481 e. The minimum absolute atomic E-state index is 0.171. The number of halogens is 2. The maximum atomic E-state index is 12.9. The molecular weight excluding hydrogens is 296 g/mol. The number of hydrogen-bond acceptors (Lipinski definition) is 2. The van der Waals surface area contributed by atoms with Crippen LogP contribution < -0.4 is 4.74 Å². The van der Waals surface area contributed by atoms with Crippen molar-refractivity contribution in [1.82, 2.24) is 4.90 Å². The average Bonchev–Trinajstić information content (AvgIpc) is 2.55. The fraction of sp³-hybridized carbons (Fsp3) is 0.158. The normalized spacial score (nSPS) is 14.0. The number of terminal acetylenes is 2. The van der Waals surface area contributed by atoms with Gasteiger partial charge in [0.25, 0.3) is 6.43 Å². The van der Waals surface area contributed by atoms with Crippen LogP contribution in [0.15, 0.2) is 54.3 Å². The summed E-state index contributed by atoms with van der Waals surface area (Å²) < 4.78 is 31.1. The molecule has 1 aromatic rings. The van der Waals surface area contributed by atoms with Gasteiger partial charge in [0.15, 0.2) is 0 Å². The highest BCUT2D eigenvalue weighted by molar-refractivity contribution is 5.72. The molecule has 0 aromatic heterocycles. The molecule has 4 heteroatoms. The number of ether oxygens (including phenoxy) is 1. The molecule has 0 atom stereocenters. The SMILES string of the molecule is C#CCOc1ccc(C2=CC=C(C#C)C(=C)N2CC(F)F)cc1. The molecule has 0 unspecified atom stereocenters. The first-order valence-corrected chi connectivity index (χ1v) is 6.87. The Kier molecular flexibility index (Phi) is 5.23. The minimum atomic E-state index is -2.51. The third-order valence-electron chi connectivity index (χ3n) is 3.28. The van der Waals surface area contributed by atoms with E-state index < -0.39 is 13.0 Å². The summed E-state index contributed by atoms with van der Waals surface area (Å²) in [7, 11) is 0. The second kappa shape index (κ2) is 7.33. The van der Waals surface area contributed by atoms with E-state index >= 15 is 0 Å². The fourth-order valence-corrected chi connectivity index (χ4v) is 2.22. The van der Waals surface area contributed by atoms with Crippen molar-refractivity contribution in [2.24, 2.45) is 0 Å². The average molecular weight is 311 g/mol. The predicted octanol–water partition coefficient (Wildman–Crippen LogP) is 3.69. The number of rotatable bonds is 5. The molecule has 1 aliphatic heterocycles. The van der Waals surface area contributed by atoms with Crippen LogP contribution in [0.4, 0.5) is 8.78 Å². The van der Waals surface area contributed by atoms with Crippen molar-refractivity contribution in [3.63, 3.8) is 0 Å². The molecule has 0 saturated carbocycles. The Bertz CT molecular complexity index is 730. The van der Waals surface area contributed by atoms with Gasteiger partial charge in [-0.2, -0.15) is 0 Å². The van der Waals surface area contributed by atoms with Crippen LogP contribution in [0, 0.1) is 24.7 Å². The third-order valence-corrected chi connectivity index (χ3v) is 3.28. The van der Waals surface area contributed by atoms with E-state index in [1.165, 1.54) is 4.90 Å². The summed E-state index contributed by atoms with van der Waals surface area (Å²) >= 11 is 0. The lowest BCUT2D eigenvalue weighted by atomic mass is 10.0. The molecule has 2 rings (SSSR count). The van der Waals surface area contributed by atoms with Gasteiger partial charge in [-0.1, -0.05) is 18.4 Å². The molecule has 0 bridgehead atoms. The molecule has 1 heterocycles. The fourth-order valence-electron chi connectivity index (χ4n) is 2.22. The summed E-state index contributed by atoms with van der Waals surface area (Å²) in [4.78, 5) is 1.43. The molecule has 2 nitrogen and oxygen atoms in total. The molecule has 0 amide bonds. The number of alkyl halides is 2. The molecule has 0 saturated heterocycles. The van der Waals surface area contributed by atoms with E-state index in [1.54, 1.807) is 36.4 Å². The Morgan fingerprint density at radius 3 is 2.43 bits per heavy atom. The van der Waals surface area contributed by atoms with Crippen LogP contribution in [0.1, 0.15) is 5.56 Å². The van der Waals surface area contributed by atoms with E-state index in [0.717, 1.165) is 5.56 Å². The molecule has 1 aliphatic rings. The minimum Gasteiger partial charge on any atom is -0.481 e. The maximum absolute atomic E-state index is 12.9. The molecule has 0 N–H and O–H groups in total. The zero-order valence-corrected chi connectivity index (χ0v) is 12.4. The van der Waals surface area contributed by atoms with Crippen LogP contribution in [-0.4, -0.2) is 24.5 Å². The standard InChI is InChI=1S/C19H15F2NO/c1-4-12-23-17-9-6-16(7-10-17)18-11-8-15(5-2)14(3)22(18)13-19(20)21/h1-2,6-11,19H,3,12-13H2. The van der Waals surface area contributed by atoms with E-state index in [9.17, 15) is 8.78 Å². The highest BCUT2D eigenvalue weighted by Crippen LogP contribution is 2.31. The molecule has 23 heavy (non-hydrogen) atoms. The Morgan fingerprint density at radius 1 is 1.17 bits per heavy atom. The Hall–Kier alpha value is -2.98. The van der Waals surface area contributed by atoms with Crippen molar-refractivity contribution in [3.05, 3.63) is 59.8 Å². The van der Waals surface area contributed by atoms with E-state index in [-0.39, 0.29) is 6.61 Å². The zero-order chi connectivity index (χ0) is 16.8. The van der Waals surface area contributed by atoms with E-state index in [1.807, 2.05) is 0 Å². The summed E-state index contributed by atoms with van der Waals surface area (Å²) in [5, 5.41) is 0. The van der Waals surface area contributed by atoms with E-state index in [2.05, 4.69) is 18.4 Å². The van der Waals surface area contributed by atoms with Gasteiger partial charge in [-0.3, -0.25) is 0 Å². The van der Waals surface area contributed by atoms with Crippen LogP contribution >= 0.6 is 0 Å². The van der Waals surface area contributed by atoms with Crippen LogP contribution in [0.3, 0.4) is 0 Å². The topological polar surface area (TPSA) is 12.5 Å². The molecule has 1 aromatic carbocycles.